The molecule has 4 rings (SSSR count). The Kier molecular flexibility index (Phi) is 3.55. The quantitative estimate of drug-likeness (QED) is 0.288. The number of benzene rings is 1. The zero-order valence-corrected chi connectivity index (χ0v) is 12.9. The summed E-state index contributed by atoms with van der Waals surface area (Å²) in [6.07, 6.45) is 3.02. The maximum absolute atomic E-state index is 14.3. The Balaban J connectivity index is 2.17. The smallest absolute Gasteiger partial charge is 0.170 e. The maximum Gasteiger partial charge on any atom is 0.170 e. The van der Waals surface area contributed by atoms with Gasteiger partial charge in [-0.25, -0.2) is 17.6 Å². The Morgan fingerprint density at radius 1 is 0.846 bits per heavy atom. The van der Waals surface area contributed by atoms with Gasteiger partial charge in [0.05, 0.1) is 22.5 Å². The van der Waals surface area contributed by atoms with E-state index in [-0.39, 0.29) is 11.6 Å². The molecule has 126 valence electrons. The minimum atomic E-state index is -1.63. The molecule has 0 N–H and O–H groups in total. The summed E-state index contributed by atoms with van der Waals surface area (Å²) in [7, 11) is 0. The van der Waals surface area contributed by atoms with Crippen LogP contribution in [0.25, 0.3) is 22.5 Å². The lowest BCUT2D eigenvalue weighted by Crippen LogP contribution is -2.03. The van der Waals surface area contributed by atoms with E-state index in [2.05, 4.69) is 9.97 Å². The lowest BCUT2D eigenvalue weighted by atomic mass is 9.93. The number of hydrogen-bond donors (Lipinski definition) is 0. The van der Waals surface area contributed by atoms with Crippen molar-refractivity contribution in [1.82, 2.24) is 9.97 Å². The summed E-state index contributed by atoms with van der Waals surface area (Å²) in [4.78, 5) is 8.40. The van der Waals surface area contributed by atoms with Crippen LogP contribution in [0.4, 0.5) is 17.6 Å². The standard InChI is InChI=1S/C19H7F4N3/c20-12-7-13(21)17(23)15(16(12)22)11(8-24)14-9-3-1-5-25-18(9)19-10(14)4-2-6-26-19/h1-7H. The Morgan fingerprint density at radius 3 is 1.81 bits per heavy atom. The molecule has 3 aromatic rings. The molecule has 0 atom stereocenters. The maximum atomic E-state index is 14.3. The van der Waals surface area contributed by atoms with Gasteiger partial charge in [-0.15, -0.1) is 0 Å². The monoisotopic (exact) mass is 353 g/mol. The second-order valence-electron chi connectivity index (χ2n) is 5.50. The van der Waals surface area contributed by atoms with Crippen LogP contribution >= 0.6 is 0 Å². The molecule has 0 saturated carbocycles. The highest BCUT2D eigenvalue weighted by Gasteiger charge is 2.32. The molecule has 1 aliphatic rings. The van der Waals surface area contributed by atoms with Crippen molar-refractivity contribution in [3.8, 4) is 17.5 Å². The fraction of sp³-hybridized carbons (Fsp3) is 0. The van der Waals surface area contributed by atoms with E-state index in [1.54, 1.807) is 30.3 Å². The lowest BCUT2D eigenvalue weighted by molar-refractivity contribution is 0.450. The number of halogens is 4. The molecular formula is C19H7F4N3. The van der Waals surface area contributed by atoms with E-state index in [4.69, 9.17) is 0 Å². The van der Waals surface area contributed by atoms with Crippen molar-refractivity contribution in [3.05, 3.63) is 82.7 Å². The number of pyridine rings is 2. The van der Waals surface area contributed by atoms with Crippen LogP contribution in [0.5, 0.6) is 0 Å². The summed E-state index contributed by atoms with van der Waals surface area (Å²) in [6.45, 7) is 0. The van der Waals surface area contributed by atoms with Crippen molar-refractivity contribution in [2.45, 2.75) is 0 Å². The van der Waals surface area contributed by atoms with Gasteiger partial charge >= 0.3 is 0 Å². The molecule has 0 bridgehead atoms. The number of nitriles is 1. The average Bonchev–Trinajstić information content (AvgIpc) is 2.98. The average molecular weight is 353 g/mol. The predicted molar refractivity (Wildman–Crippen MR) is 85.3 cm³/mol. The van der Waals surface area contributed by atoms with E-state index in [1.807, 2.05) is 0 Å². The highest BCUT2D eigenvalue weighted by Crippen LogP contribution is 2.45. The molecule has 0 radical (unpaired) electrons. The molecule has 0 spiro atoms. The first-order chi connectivity index (χ1) is 12.5. The Morgan fingerprint density at radius 2 is 1.35 bits per heavy atom. The van der Waals surface area contributed by atoms with Gasteiger partial charge in [0.25, 0.3) is 0 Å². The third-order valence-corrected chi connectivity index (χ3v) is 4.10. The van der Waals surface area contributed by atoms with E-state index >= 15 is 0 Å². The lowest BCUT2D eigenvalue weighted by Gasteiger charge is -2.10. The third-order valence-electron chi connectivity index (χ3n) is 4.10. The van der Waals surface area contributed by atoms with Crippen LogP contribution in [-0.2, 0) is 0 Å². The van der Waals surface area contributed by atoms with Crippen LogP contribution < -0.4 is 0 Å². The molecular weight excluding hydrogens is 346 g/mol. The summed E-state index contributed by atoms with van der Waals surface area (Å²) >= 11 is 0. The SMILES string of the molecule is N#CC(=C1c2cccnc2-c2ncccc21)c1c(F)c(F)cc(F)c1F. The molecule has 3 nitrogen and oxygen atoms in total. The molecule has 0 aliphatic heterocycles. The van der Waals surface area contributed by atoms with Crippen LogP contribution in [0.3, 0.4) is 0 Å². The highest BCUT2D eigenvalue weighted by atomic mass is 19.2. The summed E-state index contributed by atoms with van der Waals surface area (Å²) < 4.78 is 55.9. The van der Waals surface area contributed by atoms with E-state index in [0.29, 0.717) is 22.5 Å². The minimum Gasteiger partial charge on any atom is -0.254 e. The number of allylic oxidation sites excluding steroid dienone is 1. The molecule has 26 heavy (non-hydrogen) atoms. The summed E-state index contributed by atoms with van der Waals surface area (Å²) in [6, 6.07) is 8.16. The second kappa shape index (κ2) is 5.77. The fourth-order valence-electron chi connectivity index (χ4n) is 3.04. The van der Waals surface area contributed by atoms with E-state index in [1.165, 1.54) is 12.4 Å². The molecule has 2 heterocycles. The summed E-state index contributed by atoms with van der Waals surface area (Å²) in [5.74, 6) is -6.42. The first kappa shape index (κ1) is 16.0. The van der Waals surface area contributed by atoms with Crippen molar-refractivity contribution in [2.75, 3.05) is 0 Å². The van der Waals surface area contributed by atoms with Crippen molar-refractivity contribution in [3.63, 3.8) is 0 Å². The Bertz CT molecular complexity index is 1070. The van der Waals surface area contributed by atoms with Crippen LogP contribution in [0.15, 0.2) is 42.7 Å². The van der Waals surface area contributed by atoms with Crippen molar-refractivity contribution in [2.24, 2.45) is 0 Å². The van der Waals surface area contributed by atoms with Gasteiger partial charge in [0.1, 0.15) is 6.07 Å². The van der Waals surface area contributed by atoms with Crippen molar-refractivity contribution in [1.29, 1.82) is 5.26 Å². The zero-order valence-electron chi connectivity index (χ0n) is 12.9. The van der Waals surface area contributed by atoms with Crippen molar-refractivity contribution >= 4 is 11.1 Å². The van der Waals surface area contributed by atoms with Gasteiger partial charge in [-0.05, 0) is 12.1 Å². The molecule has 7 heteroatoms. The number of rotatable bonds is 1. The first-order valence-corrected chi connectivity index (χ1v) is 7.43. The van der Waals surface area contributed by atoms with Crippen LogP contribution in [0.1, 0.15) is 16.7 Å². The fourth-order valence-corrected chi connectivity index (χ4v) is 3.04. The van der Waals surface area contributed by atoms with Gasteiger partial charge in [-0.1, -0.05) is 12.1 Å². The molecule has 2 aromatic heterocycles. The Labute approximate surface area is 144 Å². The van der Waals surface area contributed by atoms with Gasteiger partial charge in [0.15, 0.2) is 23.3 Å². The molecule has 0 saturated heterocycles. The molecule has 0 unspecified atom stereocenters. The van der Waals surface area contributed by atoms with Crippen LogP contribution in [0, 0.1) is 34.6 Å². The number of nitrogens with zero attached hydrogens (tertiary/aromatic N) is 3. The van der Waals surface area contributed by atoms with E-state index in [9.17, 15) is 22.8 Å². The summed E-state index contributed by atoms with van der Waals surface area (Å²) in [5.41, 5.74) is 0.196. The Hall–Kier alpha value is -3.53. The van der Waals surface area contributed by atoms with Crippen LogP contribution in [-0.4, -0.2) is 9.97 Å². The molecule has 1 aliphatic carbocycles. The van der Waals surface area contributed by atoms with Crippen molar-refractivity contribution < 1.29 is 17.6 Å². The number of fused-ring (bicyclic) bond motifs is 3. The first-order valence-electron chi connectivity index (χ1n) is 7.43. The van der Waals surface area contributed by atoms with Gasteiger partial charge in [-0.3, -0.25) is 9.97 Å². The van der Waals surface area contributed by atoms with Gasteiger partial charge in [0.2, 0.25) is 0 Å². The molecule has 0 fully saturated rings. The van der Waals surface area contributed by atoms with Gasteiger partial charge in [-0.2, -0.15) is 5.26 Å². The van der Waals surface area contributed by atoms with Gasteiger partial charge < -0.3 is 0 Å². The van der Waals surface area contributed by atoms with Crippen LogP contribution in [0.2, 0.25) is 0 Å². The molecule has 1 aromatic carbocycles. The van der Waals surface area contributed by atoms with E-state index < -0.39 is 34.4 Å². The topological polar surface area (TPSA) is 49.6 Å². The normalized spacial score (nSPS) is 11.7. The third kappa shape index (κ3) is 2.12. The number of hydrogen-bond acceptors (Lipinski definition) is 3. The van der Waals surface area contributed by atoms with E-state index in [0.717, 1.165) is 0 Å². The zero-order chi connectivity index (χ0) is 18.4. The highest BCUT2D eigenvalue weighted by molar-refractivity contribution is 6.11. The second-order valence-corrected chi connectivity index (χ2v) is 5.50. The molecule has 0 amide bonds. The predicted octanol–water partition coefficient (Wildman–Crippen LogP) is 4.50. The number of aromatic nitrogens is 2. The largest absolute Gasteiger partial charge is 0.254 e. The minimum absolute atomic E-state index is 0.105. The summed E-state index contributed by atoms with van der Waals surface area (Å²) in [5, 5.41) is 9.59. The van der Waals surface area contributed by atoms with Gasteiger partial charge in [0, 0.05) is 35.2 Å².